The summed E-state index contributed by atoms with van der Waals surface area (Å²) < 4.78 is 11.0. The van der Waals surface area contributed by atoms with Crippen molar-refractivity contribution in [3.8, 4) is 11.5 Å². The zero-order valence-corrected chi connectivity index (χ0v) is 15.5. The van der Waals surface area contributed by atoms with Gasteiger partial charge in [0.1, 0.15) is 11.5 Å². The van der Waals surface area contributed by atoms with E-state index in [9.17, 15) is 4.79 Å². The molecule has 0 saturated carbocycles. The molecule has 1 N–H and O–H groups in total. The molecule has 25 heavy (non-hydrogen) atoms. The van der Waals surface area contributed by atoms with Gasteiger partial charge in [0, 0.05) is 6.54 Å². The van der Waals surface area contributed by atoms with Gasteiger partial charge in [0.2, 0.25) is 0 Å². The van der Waals surface area contributed by atoms with Crippen molar-refractivity contribution < 1.29 is 14.3 Å². The van der Waals surface area contributed by atoms with Crippen LogP contribution in [0.3, 0.4) is 0 Å². The molecule has 2 rings (SSSR count). The average molecular weight is 341 g/mol. The maximum absolute atomic E-state index is 12.0. The Hall–Kier alpha value is -2.49. The first-order chi connectivity index (χ1) is 11.9. The normalized spacial score (nSPS) is 11.0. The minimum absolute atomic E-state index is 0.0000151. The van der Waals surface area contributed by atoms with Crippen molar-refractivity contribution in [1.82, 2.24) is 5.32 Å². The van der Waals surface area contributed by atoms with Crippen molar-refractivity contribution in [2.24, 2.45) is 0 Å². The van der Waals surface area contributed by atoms with E-state index in [1.165, 1.54) is 5.56 Å². The van der Waals surface area contributed by atoms with Crippen LogP contribution in [0.4, 0.5) is 0 Å². The van der Waals surface area contributed by atoms with E-state index in [1.54, 1.807) is 0 Å². The first-order valence-electron chi connectivity index (χ1n) is 8.60. The second-order valence-electron chi connectivity index (χ2n) is 6.92. The average Bonchev–Trinajstić information content (AvgIpc) is 2.58. The Morgan fingerprint density at radius 2 is 1.72 bits per heavy atom. The lowest BCUT2D eigenvalue weighted by Crippen LogP contribution is -2.28. The summed E-state index contributed by atoms with van der Waals surface area (Å²) in [5.41, 5.74) is 2.33. The van der Waals surface area contributed by atoms with E-state index < -0.39 is 0 Å². The molecule has 0 saturated heterocycles. The fourth-order valence-electron chi connectivity index (χ4n) is 2.36. The van der Waals surface area contributed by atoms with Crippen molar-refractivity contribution >= 4 is 5.91 Å². The molecule has 0 aromatic heterocycles. The fraction of sp³-hybridized carbons (Fsp3) is 0.381. The van der Waals surface area contributed by atoms with E-state index in [-0.39, 0.29) is 17.9 Å². The van der Waals surface area contributed by atoms with E-state index >= 15 is 0 Å². The molecule has 134 valence electrons. The fourth-order valence-corrected chi connectivity index (χ4v) is 2.36. The van der Waals surface area contributed by atoms with Crippen LogP contribution in [-0.2, 0) is 16.8 Å². The number of carbonyl (C=O) groups excluding carboxylic acids is 1. The van der Waals surface area contributed by atoms with E-state index in [4.69, 9.17) is 9.47 Å². The molecule has 2 aromatic carbocycles. The number of amides is 1. The molecule has 4 heteroatoms. The Morgan fingerprint density at radius 1 is 1.00 bits per heavy atom. The summed E-state index contributed by atoms with van der Waals surface area (Å²) in [5, 5.41) is 2.85. The third-order valence-corrected chi connectivity index (χ3v) is 3.79. The predicted molar refractivity (Wildman–Crippen MR) is 100 cm³/mol. The van der Waals surface area contributed by atoms with Gasteiger partial charge in [-0.3, -0.25) is 4.79 Å². The van der Waals surface area contributed by atoms with Crippen LogP contribution in [0.25, 0.3) is 0 Å². The Kier molecular flexibility index (Phi) is 6.45. The molecule has 0 fully saturated rings. The molecule has 0 aliphatic heterocycles. The van der Waals surface area contributed by atoms with E-state index in [0.29, 0.717) is 18.9 Å². The van der Waals surface area contributed by atoms with Gasteiger partial charge in [0.25, 0.3) is 5.91 Å². The van der Waals surface area contributed by atoms with Gasteiger partial charge in [-0.15, -0.1) is 0 Å². The van der Waals surface area contributed by atoms with Crippen LogP contribution in [0, 0.1) is 0 Å². The van der Waals surface area contributed by atoms with E-state index in [2.05, 4.69) is 26.1 Å². The molecule has 1 amide bonds. The molecule has 0 unspecified atom stereocenters. The van der Waals surface area contributed by atoms with Gasteiger partial charge in [-0.1, -0.05) is 45.0 Å². The maximum Gasteiger partial charge on any atom is 0.258 e. The maximum atomic E-state index is 12.0. The molecule has 0 radical (unpaired) electrons. The van der Waals surface area contributed by atoms with Crippen LogP contribution in [0.2, 0.25) is 0 Å². The summed E-state index contributed by atoms with van der Waals surface area (Å²) in [6, 6.07) is 15.6. The first-order valence-corrected chi connectivity index (χ1v) is 8.60. The molecule has 0 heterocycles. The van der Waals surface area contributed by atoms with Gasteiger partial charge in [-0.25, -0.2) is 0 Å². The molecule has 0 bridgehead atoms. The number of ether oxygens (including phenoxy) is 2. The van der Waals surface area contributed by atoms with Crippen LogP contribution in [-0.4, -0.2) is 19.1 Å². The third kappa shape index (κ3) is 6.14. The summed E-state index contributed by atoms with van der Waals surface area (Å²) >= 11 is 0. The highest BCUT2D eigenvalue weighted by Crippen LogP contribution is 2.24. The van der Waals surface area contributed by atoms with Gasteiger partial charge in [-0.05, 0) is 47.7 Å². The number of hydrogen-bond donors (Lipinski definition) is 1. The molecule has 0 aliphatic rings. The van der Waals surface area contributed by atoms with Gasteiger partial charge < -0.3 is 14.8 Å². The van der Waals surface area contributed by atoms with Gasteiger partial charge >= 0.3 is 0 Å². The zero-order valence-electron chi connectivity index (χ0n) is 15.5. The minimum atomic E-state index is -0.151. The largest absolute Gasteiger partial charge is 0.494 e. The Bertz CT molecular complexity index is 687. The number of nitrogens with one attached hydrogen (secondary N) is 1. The topological polar surface area (TPSA) is 47.6 Å². The molecule has 0 atom stereocenters. The Balaban J connectivity index is 1.80. The third-order valence-electron chi connectivity index (χ3n) is 3.79. The zero-order chi connectivity index (χ0) is 18.3. The SMILES string of the molecule is CCOc1cccc(CNC(=O)COc2ccc(C(C)(C)C)cc2)c1. The van der Waals surface area contributed by atoms with Gasteiger partial charge in [-0.2, -0.15) is 0 Å². The van der Waals surface area contributed by atoms with Crippen molar-refractivity contribution in [1.29, 1.82) is 0 Å². The molecule has 4 nitrogen and oxygen atoms in total. The lowest BCUT2D eigenvalue weighted by molar-refractivity contribution is -0.123. The highest BCUT2D eigenvalue weighted by Gasteiger charge is 2.13. The van der Waals surface area contributed by atoms with Crippen LogP contribution >= 0.6 is 0 Å². The molecule has 0 spiro atoms. The predicted octanol–water partition coefficient (Wildman–Crippen LogP) is 4.08. The molecule has 2 aromatic rings. The van der Waals surface area contributed by atoms with Crippen molar-refractivity contribution in [3.05, 3.63) is 59.7 Å². The van der Waals surface area contributed by atoms with Crippen molar-refractivity contribution in [2.45, 2.75) is 39.7 Å². The number of rotatable bonds is 7. The minimum Gasteiger partial charge on any atom is -0.494 e. The van der Waals surface area contributed by atoms with Crippen molar-refractivity contribution in [2.75, 3.05) is 13.2 Å². The number of carbonyl (C=O) groups is 1. The van der Waals surface area contributed by atoms with Gasteiger partial charge in [0.15, 0.2) is 6.61 Å². The molecule has 0 aliphatic carbocycles. The lowest BCUT2D eigenvalue weighted by atomic mass is 9.87. The molecular formula is C21H27NO3. The van der Waals surface area contributed by atoms with E-state index in [0.717, 1.165) is 11.3 Å². The quantitative estimate of drug-likeness (QED) is 0.825. The smallest absolute Gasteiger partial charge is 0.258 e. The Labute approximate surface area is 150 Å². The highest BCUT2D eigenvalue weighted by molar-refractivity contribution is 5.77. The summed E-state index contributed by atoms with van der Waals surface area (Å²) in [7, 11) is 0. The number of benzene rings is 2. The highest BCUT2D eigenvalue weighted by atomic mass is 16.5. The summed E-state index contributed by atoms with van der Waals surface area (Å²) in [6.45, 7) is 9.51. The molecular weight excluding hydrogens is 314 g/mol. The second kappa shape index (κ2) is 8.56. The van der Waals surface area contributed by atoms with Crippen LogP contribution in [0.15, 0.2) is 48.5 Å². The van der Waals surface area contributed by atoms with Crippen molar-refractivity contribution in [3.63, 3.8) is 0 Å². The Morgan fingerprint density at radius 3 is 2.36 bits per heavy atom. The van der Waals surface area contributed by atoms with Crippen LogP contribution in [0.5, 0.6) is 11.5 Å². The van der Waals surface area contributed by atoms with Crippen LogP contribution in [0.1, 0.15) is 38.8 Å². The second-order valence-corrected chi connectivity index (χ2v) is 6.92. The summed E-state index contributed by atoms with van der Waals surface area (Å²) in [5.74, 6) is 1.35. The van der Waals surface area contributed by atoms with Gasteiger partial charge in [0.05, 0.1) is 6.61 Å². The van der Waals surface area contributed by atoms with Crippen LogP contribution < -0.4 is 14.8 Å². The monoisotopic (exact) mass is 341 g/mol. The number of hydrogen-bond acceptors (Lipinski definition) is 3. The summed E-state index contributed by atoms with van der Waals surface area (Å²) in [4.78, 5) is 12.0. The standard InChI is InChI=1S/C21H27NO3/c1-5-24-19-8-6-7-16(13-19)14-22-20(23)15-25-18-11-9-17(10-12-18)21(2,3)4/h6-13H,5,14-15H2,1-4H3,(H,22,23). The summed E-state index contributed by atoms with van der Waals surface area (Å²) in [6.07, 6.45) is 0. The lowest BCUT2D eigenvalue weighted by Gasteiger charge is -2.19. The first kappa shape index (κ1) is 18.8. The van der Waals surface area contributed by atoms with E-state index in [1.807, 2.05) is 55.5 Å².